The fourth-order valence-corrected chi connectivity index (χ4v) is 3.64. The van der Waals surface area contributed by atoms with E-state index in [1.165, 1.54) is 12.1 Å². The SMILES string of the molecule is Cc1cc(-c2ccc(C(F)(F)F)cc2)ccc1COc1ccccc1-c1cncc(C(C)C)n1. The highest BCUT2D eigenvalue weighted by atomic mass is 19.4. The largest absolute Gasteiger partial charge is 0.488 e. The van der Waals surface area contributed by atoms with Crippen LogP contribution in [0.4, 0.5) is 13.2 Å². The number of aryl methyl sites for hydroxylation is 1. The standard InChI is InChI=1S/C28H25F3N2O/c1-18(2)25-15-32-16-26(33-25)24-6-4-5-7-27(24)34-17-22-9-8-21(14-19(22)3)20-10-12-23(13-11-20)28(29,30)31/h4-16,18H,17H2,1-3H3. The molecule has 34 heavy (non-hydrogen) atoms. The molecular formula is C28H25F3N2O. The highest BCUT2D eigenvalue weighted by Gasteiger charge is 2.30. The van der Waals surface area contributed by atoms with E-state index in [9.17, 15) is 13.2 Å². The molecule has 0 fully saturated rings. The molecule has 0 bridgehead atoms. The second-order valence-corrected chi connectivity index (χ2v) is 8.49. The summed E-state index contributed by atoms with van der Waals surface area (Å²) in [5, 5.41) is 0. The van der Waals surface area contributed by atoms with Crippen LogP contribution in [0.25, 0.3) is 22.4 Å². The van der Waals surface area contributed by atoms with Gasteiger partial charge in [0.15, 0.2) is 0 Å². The van der Waals surface area contributed by atoms with Crippen molar-refractivity contribution in [3.8, 4) is 28.1 Å². The van der Waals surface area contributed by atoms with E-state index in [1.807, 2.05) is 49.4 Å². The molecule has 0 aliphatic carbocycles. The number of aromatic nitrogens is 2. The third-order valence-electron chi connectivity index (χ3n) is 5.68. The van der Waals surface area contributed by atoms with Gasteiger partial charge < -0.3 is 4.74 Å². The summed E-state index contributed by atoms with van der Waals surface area (Å²) < 4.78 is 44.7. The summed E-state index contributed by atoms with van der Waals surface area (Å²) in [5.41, 5.74) is 5.48. The molecule has 0 atom stereocenters. The number of hydrogen-bond acceptors (Lipinski definition) is 3. The normalized spacial score (nSPS) is 11.6. The van der Waals surface area contributed by atoms with E-state index in [1.54, 1.807) is 12.4 Å². The van der Waals surface area contributed by atoms with Gasteiger partial charge >= 0.3 is 6.18 Å². The maximum absolute atomic E-state index is 12.8. The highest BCUT2D eigenvalue weighted by molar-refractivity contribution is 5.67. The first-order valence-electron chi connectivity index (χ1n) is 11.0. The van der Waals surface area contributed by atoms with Crippen LogP contribution in [0, 0.1) is 6.92 Å². The van der Waals surface area contributed by atoms with Gasteiger partial charge in [-0.3, -0.25) is 4.98 Å². The van der Waals surface area contributed by atoms with E-state index in [0.29, 0.717) is 12.4 Å². The molecule has 0 N–H and O–H groups in total. The molecule has 1 heterocycles. The fraction of sp³-hybridized carbons (Fsp3) is 0.214. The molecule has 1 aromatic heterocycles. The number of halogens is 3. The summed E-state index contributed by atoms with van der Waals surface area (Å²) in [4.78, 5) is 9.06. The van der Waals surface area contributed by atoms with Gasteiger partial charge in [0.05, 0.1) is 23.1 Å². The smallest absolute Gasteiger partial charge is 0.416 e. The number of benzene rings is 3. The molecule has 0 saturated carbocycles. The first-order valence-corrected chi connectivity index (χ1v) is 11.0. The molecule has 0 radical (unpaired) electrons. The van der Waals surface area contributed by atoms with Crippen LogP contribution in [0.15, 0.2) is 79.1 Å². The van der Waals surface area contributed by atoms with Gasteiger partial charge in [-0.05, 0) is 59.4 Å². The molecule has 0 aliphatic rings. The summed E-state index contributed by atoms with van der Waals surface area (Å²) in [7, 11) is 0. The zero-order chi connectivity index (χ0) is 24.3. The zero-order valence-electron chi connectivity index (χ0n) is 19.2. The molecule has 4 aromatic rings. The number of alkyl halides is 3. The quantitative estimate of drug-likeness (QED) is 0.293. The van der Waals surface area contributed by atoms with Crippen molar-refractivity contribution in [2.24, 2.45) is 0 Å². The molecule has 0 saturated heterocycles. The van der Waals surface area contributed by atoms with Crippen LogP contribution >= 0.6 is 0 Å². The lowest BCUT2D eigenvalue weighted by Crippen LogP contribution is -2.04. The molecule has 6 heteroatoms. The predicted molar refractivity (Wildman–Crippen MR) is 128 cm³/mol. The Morgan fingerprint density at radius 1 is 0.882 bits per heavy atom. The Bertz CT molecular complexity index is 1280. The second-order valence-electron chi connectivity index (χ2n) is 8.49. The fourth-order valence-electron chi connectivity index (χ4n) is 3.64. The van der Waals surface area contributed by atoms with Crippen LogP contribution in [0.3, 0.4) is 0 Å². The molecule has 0 amide bonds. The van der Waals surface area contributed by atoms with E-state index in [-0.39, 0.29) is 5.92 Å². The molecule has 4 rings (SSSR count). The maximum Gasteiger partial charge on any atom is 0.416 e. The Morgan fingerprint density at radius 3 is 2.26 bits per heavy atom. The number of hydrogen-bond donors (Lipinski definition) is 0. The van der Waals surface area contributed by atoms with Gasteiger partial charge in [0, 0.05) is 11.8 Å². The van der Waals surface area contributed by atoms with Crippen LogP contribution < -0.4 is 4.74 Å². The van der Waals surface area contributed by atoms with Crippen LogP contribution in [0.2, 0.25) is 0 Å². The van der Waals surface area contributed by atoms with Crippen molar-refractivity contribution < 1.29 is 17.9 Å². The van der Waals surface area contributed by atoms with E-state index in [2.05, 4.69) is 18.8 Å². The van der Waals surface area contributed by atoms with Crippen molar-refractivity contribution in [3.63, 3.8) is 0 Å². The average molecular weight is 463 g/mol. The van der Waals surface area contributed by atoms with E-state index < -0.39 is 11.7 Å². The van der Waals surface area contributed by atoms with Crippen molar-refractivity contribution in [2.75, 3.05) is 0 Å². The van der Waals surface area contributed by atoms with E-state index in [0.717, 1.165) is 51.3 Å². The molecule has 3 nitrogen and oxygen atoms in total. The van der Waals surface area contributed by atoms with Gasteiger partial charge in [-0.25, -0.2) is 4.98 Å². The van der Waals surface area contributed by atoms with Crippen LogP contribution in [-0.4, -0.2) is 9.97 Å². The lowest BCUT2D eigenvalue weighted by molar-refractivity contribution is -0.137. The number of para-hydroxylation sites is 1. The number of nitrogens with zero attached hydrogens (tertiary/aromatic N) is 2. The Hall–Kier alpha value is -3.67. The van der Waals surface area contributed by atoms with Gasteiger partial charge in [0.2, 0.25) is 0 Å². The maximum atomic E-state index is 12.8. The minimum Gasteiger partial charge on any atom is -0.488 e. The topological polar surface area (TPSA) is 35.0 Å². The summed E-state index contributed by atoms with van der Waals surface area (Å²) in [6.45, 7) is 6.48. The lowest BCUT2D eigenvalue weighted by Gasteiger charge is -2.14. The van der Waals surface area contributed by atoms with Crippen LogP contribution in [0.1, 0.15) is 42.1 Å². The first-order chi connectivity index (χ1) is 16.2. The molecule has 0 spiro atoms. The predicted octanol–water partition coefficient (Wildman–Crippen LogP) is 7.84. The first kappa shape index (κ1) is 23.5. The van der Waals surface area contributed by atoms with Gasteiger partial charge in [-0.1, -0.05) is 56.3 Å². The Kier molecular flexibility index (Phi) is 6.68. The van der Waals surface area contributed by atoms with Crippen molar-refractivity contribution in [1.29, 1.82) is 0 Å². The molecular weight excluding hydrogens is 437 g/mol. The van der Waals surface area contributed by atoms with Crippen LogP contribution in [-0.2, 0) is 12.8 Å². The van der Waals surface area contributed by atoms with Gasteiger partial charge in [-0.2, -0.15) is 13.2 Å². The summed E-state index contributed by atoms with van der Waals surface area (Å²) in [6, 6.07) is 18.7. The van der Waals surface area contributed by atoms with Crippen molar-refractivity contribution in [2.45, 2.75) is 39.5 Å². The molecule has 3 aromatic carbocycles. The van der Waals surface area contributed by atoms with Crippen LogP contribution in [0.5, 0.6) is 5.75 Å². The van der Waals surface area contributed by atoms with Crippen molar-refractivity contribution in [3.05, 3.63) is 102 Å². The summed E-state index contributed by atoms with van der Waals surface area (Å²) in [5.74, 6) is 0.982. The minimum absolute atomic E-state index is 0.270. The highest BCUT2D eigenvalue weighted by Crippen LogP contribution is 2.32. The van der Waals surface area contributed by atoms with Crippen molar-refractivity contribution in [1.82, 2.24) is 9.97 Å². The lowest BCUT2D eigenvalue weighted by atomic mass is 9.99. The Morgan fingerprint density at radius 2 is 1.59 bits per heavy atom. The number of ether oxygens (including phenoxy) is 1. The monoisotopic (exact) mass is 462 g/mol. The minimum atomic E-state index is -4.34. The molecule has 174 valence electrons. The number of rotatable bonds is 6. The Labute approximate surface area is 197 Å². The molecule has 0 aliphatic heterocycles. The summed E-state index contributed by atoms with van der Waals surface area (Å²) in [6.07, 6.45) is -0.828. The summed E-state index contributed by atoms with van der Waals surface area (Å²) >= 11 is 0. The molecule has 0 unspecified atom stereocenters. The van der Waals surface area contributed by atoms with E-state index >= 15 is 0 Å². The van der Waals surface area contributed by atoms with Gasteiger partial charge in [-0.15, -0.1) is 0 Å². The zero-order valence-corrected chi connectivity index (χ0v) is 19.2. The third-order valence-corrected chi connectivity index (χ3v) is 5.68. The second kappa shape index (κ2) is 9.67. The van der Waals surface area contributed by atoms with E-state index in [4.69, 9.17) is 9.72 Å². The Balaban J connectivity index is 1.53. The van der Waals surface area contributed by atoms with Crippen molar-refractivity contribution >= 4 is 0 Å². The third kappa shape index (κ3) is 5.28. The average Bonchev–Trinajstić information content (AvgIpc) is 2.83. The van der Waals surface area contributed by atoms with Gasteiger partial charge in [0.25, 0.3) is 0 Å². The van der Waals surface area contributed by atoms with Gasteiger partial charge in [0.1, 0.15) is 12.4 Å².